The molecule has 0 spiro atoms. The fraction of sp³-hybridized carbons (Fsp3) is 1.00. The summed E-state index contributed by atoms with van der Waals surface area (Å²) in [5, 5.41) is 0.557. The lowest BCUT2D eigenvalue weighted by Gasteiger charge is -2.36. The van der Waals surface area contributed by atoms with Crippen LogP contribution in [0.2, 0.25) is 30.7 Å². The normalized spacial score (nSPS) is 14.3. The van der Waals surface area contributed by atoms with E-state index >= 15 is 0 Å². The second-order valence-corrected chi connectivity index (χ2v) is 16.2. The molecule has 0 saturated carbocycles. The molecule has 0 aromatic heterocycles. The van der Waals surface area contributed by atoms with E-state index in [0.717, 1.165) is 0 Å². The van der Waals surface area contributed by atoms with Crippen molar-refractivity contribution in [1.82, 2.24) is 0 Å². The Kier molecular flexibility index (Phi) is 5.95. The summed E-state index contributed by atoms with van der Waals surface area (Å²) in [5.74, 6) is 1.41. The highest BCUT2D eigenvalue weighted by atomic mass is 32.4. The molecule has 0 nitrogen and oxygen atoms in total. The highest BCUT2D eigenvalue weighted by Crippen LogP contribution is 2.43. The molecule has 0 aliphatic carbocycles. The predicted molar refractivity (Wildman–Crippen MR) is 73.5 cm³/mol. The Morgan fingerprint density at radius 2 is 1.77 bits per heavy atom. The van der Waals surface area contributed by atoms with Gasteiger partial charge in [-0.3, -0.25) is 0 Å². The van der Waals surface area contributed by atoms with Crippen molar-refractivity contribution in [2.75, 3.05) is 5.75 Å². The van der Waals surface area contributed by atoms with E-state index in [4.69, 9.17) is 0 Å². The predicted octanol–water partition coefficient (Wildman–Crippen LogP) is 3.75. The van der Waals surface area contributed by atoms with Crippen molar-refractivity contribution in [3.63, 3.8) is 0 Å². The third kappa shape index (κ3) is 5.28. The maximum absolute atomic E-state index is 2.51. The molecule has 0 aromatic carbocycles. The first-order valence-electron chi connectivity index (χ1n) is 5.45. The smallest absolute Gasteiger partial charge is 0.116 e. The summed E-state index contributed by atoms with van der Waals surface area (Å²) in [5.41, 5.74) is 0. The van der Waals surface area contributed by atoms with Crippen LogP contribution < -0.4 is 0 Å². The molecule has 0 rings (SSSR count). The standard InChI is InChI=1S/C10H26SSi2/c1-10(2,3)13(5,6)11-8-7-9-12-4/h7-9,12H2,1-6H3. The molecule has 13 heavy (non-hydrogen) atoms. The lowest BCUT2D eigenvalue weighted by Crippen LogP contribution is -2.33. The van der Waals surface area contributed by atoms with Crippen LogP contribution in [0.5, 0.6) is 0 Å². The van der Waals surface area contributed by atoms with E-state index in [1.165, 1.54) is 12.2 Å². The van der Waals surface area contributed by atoms with E-state index < -0.39 is 7.22 Å². The zero-order valence-electron chi connectivity index (χ0n) is 10.2. The summed E-state index contributed by atoms with van der Waals surface area (Å²) >= 11 is 2.29. The van der Waals surface area contributed by atoms with Crippen LogP contribution in [0.4, 0.5) is 0 Å². The molecule has 0 unspecified atom stereocenters. The molecule has 0 bridgehead atoms. The minimum atomic E-state index is -1.02. The van der Waals surface area contributed by atoms with E-state index in [1.54, 1.807) is 6.04 Å². The van der Waals surface area contributed by atoms with Gasteiger partial charge in [0, 0.05) is 9.52 Å². The quantitative estimate of drug-likeness (QED) is 0.516. The number of rotatable bonds is 5. The monoisotopic (exact) mass is 234 g/mol. The van der Waals surface area contributed by atoms with Gasteiger partial charge in [-0.25, -0.2) is 0 Å². The maximum atomic E-state index is 2.51. The summed E-state index contributed by atoms with van der Waals surface area (Å²) in [6.07, 6.45) is 1.47. The molecule has 0 radical (unpaired) electrons. The molecule has 80 valence electrons. The van der Waals surface area contributed by atoms with Crippen molar-refractivity contribution in [3.05, 3.63) is 0 Å². The number of hydrogen-bond acceptors (Lipinski definition) is 1. The van der Waals surface area contributed by atoms with Crippen molar-refractivity contribution < 1.29 is 0 Å². The second kappa shape index (κ2) is 5.61. The molecule has 0 fully saturated rings. The summed E-state index contributed by atoms with van der Waals surface area (Å²) in [4.78, 5) is 0. The molecule has 0 heterocycles. The van der Waals surface area contributed by atoms with Gasteiger partial charge in [0.15, 0.2) is 0 Å². The Hall–Kier alpha value is 0.784. The van der Waals surface area contributed by atoms with Crippen LogP contribution in [0, 0.1) is 0 Å². The Morgan fingerprint density at radius 3 is 2.15 bits per heavy atom. The average molecular weight is 235 g/mol. The molecule has 0 aliphatic heterocycles. The van der Waals surface area contributed by atoms with Crippen LogP contribution >= 0.6 is 11.2 Å². The summed E-state index contributed by atoms with van der Waals surface area (Å²) in [6, 6.07) is 1.54. The van der Waals surface area contributed by atoms with Gasteiger partial charge in [0.25, 0.3) is 0 Å². The van der Waals surface area contributed by atoms with Crippen molar-refractivity contribution in [1.29, 1.82) is 0 Å². The van der Waals surface area contributed by atoms with Crippen molar-refractivity contribution in [3.8, 4) is 0 Å². The Bertz CT molecular complexity index is 138. The van der Waals surface area contributed by atoms with Gasteiger partial charge in [0.1, 0.15) is 7.22 Å². The summed E-state index contributed by atoms with van der Waals surface area (Å²) < 4.78 is 0. The fourth-order valence-corrected chi connectivity index (χ4v) is 6.56. The van der Waals surface area contributed by atoms with Crippen molar-refractivity contribution >= 4 is 28.0 Å². The van der Waals surface area contributed by atoms with Gasteiger partial charge in [-0.05, 0) is 17.2 Å². The van der Waals surface area contributed by atoms with Gasteiger partial charge in [-0.2, -0.15) is 11.2 Å². The first-order valence-corrected chi connectivity index (χ1v) is 12.6. The summed E-state index contributed by atoms with van der Waals surface area (Å²) in [6.45, 7) is 14.7. The Balaban J connectivity index is 3.77. The number of hydrogen-bond donors (Lipinski definition) is 0. The first kappa shape index (κ1) is 13.8. The Morgan fingerprint density at radius 1 is 1.23 bits per heavy atom. The van der Waals surface area contributed by atoms with Crippen LogP contribution in [0.15, 0.2) is 0 Å². The van der Waals surface area contributed by atoms with E-state index in [9.17, 15) is 0 Å². The van der Waals surface area contributed by atoms with Gasteiger partial charge in [0.2, 0.25) is 0 Å². The van der Waals surface area contributed by atoms with Crippen molar-refractivity contribution in [2.45, 2.75) is 57.9 Å². The van der Waals surface area contributed by atoms with Gasteiger partial charge in [0.05, 0.1) is 0 Å². The third-order valence-electron chi connectivity index (χ3n) is 3.02. The topological polar surface area (TPSA) is 0 Å². The first-order chi connectivity index (χ1) is 5.81. The molecular formula is C10H26SSi2. The van der Waals surface area contributed by atoms with Crippen LogP contribution in [-0.2, 0) is 0 Å². The van der Waals surface area contributed by atoms with E-state index in [-0.39, 0.29) is 0 Å². The Labute approximate surface area is 91.7 Å². The van der Waals surface area contributed by atoms with E-state index in [2.05, 4.69) is 51.6 Å². The third-order valence-corrected chi connectivity index (χ3v) is 13.7. The lowest BCUT2D eigenvalue weighted by molar-refractivity contribution is 0.736. The second-order valence-electron chi connectivity index (χ2n) is 5.32. The molecule has 0 atom stereocenters. The van der Waals surface area contributed by atoms with Gasteiger partial charge in [-0.15, -0.1) is 0 Å². The van der Waals surface area contributed by atoms with Crippen LogP contribution in [-0.4, -0.2) is 22.5 Å². The largest absolute Gasteiger partial charge is 0.185 e. The van der Waals surface area contributed by atoms with E-state index in [0.29, 0.717) is 14.6 Å². The van der Waals surface area contributed by atoms with Crippen LogP contribution in [0.25, 0.3) is 0 Å². The molecule has 0 aromatic rings. The molecule has 3 heteroatoms. The van der Waals surface area contributed by atoms with Gasteiger partial charge < -0.3 is 0 Å². The SMILES string of the molecule is C[SiH2]CCCS[Si](C)(C)C(C)(C)C. The van der Waals surface area contributed by atoms with Gasteiger partial charge >= 0.3 is 0 Å². The zero-order chi connectivity index (χ0) is 10.5. The molecular weight excluding hydrogens is 208 g/mol. The highest BCUT2D eigenvalue weighted by Gasteiger charge is 2.35. The average Bonchev–Trinajstić information content (AvgIpc) is 1.96. The maximum Gasteiger partial charge on any atom is 0.116 e. The van der Waals surface area contributed by atoms with Crippen LogP contribution in [0.1, 0.15) is 27.2 Å². The molecule has 0 amide bonds. The lowest BCUT2D eigenvalue weighted by atomic mass is 10.2. The molecule has 0 N–H and O–H groups in total. The van der Waals surface area contributed by atoms with Crippen LogP contribution in [0.3, 0.4) is 0 Å². The minimum Gasteiger partial charge on any atom is -0.185 e. The minimum absolute atomic E-state index is 0.318. The highest BCUT2D eigenvalue weighted by molar-refractivity contribution is 8.29. The zero-order valence-corrected chi connectivity index (χ0v) is 13.5. The molecule has 0 saturated heterocycles. The summed E-state index contributed by atoms with van der Waals surface area (Å²) in [7, 11) is -0.705. The molecule has 0 aliphatic rings. The van der Waals surface area contributed by atoms with Gasteiger partial charge in [-0.1, -0.05) is 46.5 Å². The van der Waals surface area contributed by atoms with Crippen molar-refractivity contribution in [2.24, 2.45) is 0 Å². The fourth-order valence-electron chi connectivity index (χ4n) is 0.896. The van der Waals surface area contributed by atoms with E-state index in [1.807, 2.05) is 0 Å².